The van der Waals surface area contributed by atoms with Crippen LogP contribution in [0.25, 0.3) is 0 Å². The van der Waals surface area contributed by atoms with Crippen molar-refractivity contribution in [2.24, 2.45) is 0 Å². The van der Waals surface area contributed by atoms with Gasteiger partial charge in [0.2, 0.25) is 0 Å². The molecule has 0 saturated carbocycles. The number of carboxylic acids is 1. The van der Waals surface area contributed by atoms with Gasteiger partial charge in [0.15, 0.2) is 0 Å². The molecule has 1 aromatic carbocycles. The van der Waals surface area contributed by atoms with Crippen molar-refractivity contribution in [3.63, 3.8) is 0 Å². The molecule has 0 spiro atoms. The lowest BCUT2D eigenvalue weighted by molar-refractivity contribution is 0.0697. The van der Waals surface area contributed by atoms with E-state index in [1.54, 1.807) is 12.1 Å². The minimum Gasteiger partial charge on any atom is -0.478 e. The third-order valence-corrected chi connectivity index (χ3v) is 3.59. The van der Waals surface area contributed by atoms with Gasteiger partial charge in [0.1, 0.15) is 0 Å². The van der Waals surface area contributed by atoms with E-state index < -0.39 is 5.97 Å². The molecule has 2 N–H and O–H groups in total. The molecule has 1 unspecified atom stereocenters. The Morgan fingerprint density at radius 3 is 2.67 bits per heavy atom. The summed E-state index contributed by atoms with van der Waals surface area (Å²) in [6.45, 7) is 0. The quantitative estimate of drug-likeness (QED) is 0.825. The molecular formula is C11H13NO2S. The maximum atomic E-state index is 10.6. The summed E-state index contributed by atoms with van der Waals surface area (Å²) in [4.78, 5) is 10.6. The summed E-state index contributed by atoms with van der Waals surface area (Å²) < 4.78 is 0. The standard InChI is InChI=1S/C11H13NO2S/c13-11(14)8-1-3-9(4-2-8)12-10-5-6-15-7-10/h1-4,10,12H,5-7H2,(H,13,14). The van der Waals surface area contributed by atoms with Crippen LogP contribution in [-0.2, 0) is 0 Å². The highest BCUT2D eigenvalue weighted by atomic mass is 32.2. The molecule has 0 radical (unpaired) electrons. The number of hydrogen-bond acceptors (Lipinski definition) is 3. The van der Waals surface area contributed by atoms with E-state index in [0.717, 1.165) is 11.4 Å². The Labute approximate surface area is 92.9 Å². The molecule has 1 atom stereocenters. The van der Waals surface area contributed by atoms with Crippen LogP contribution in [0.15, 0.2) is 24.3 Å². The highest BCUT2D eigenvalue weighted by Gasteiger charge is 2.14. The van der Waals surface area contributed by atoms with Gasteiger partial charge in [0.25, 0.3) is 0 Å². The first-order valence-electron chi connectivity index (χ1n) is 4.93. The van der Waals surface area contributed by atoms with E-state index in [2.05, 4.69) is 5.32 Å². The number of thioether (sulfide) groups is 1. The average molecular weight is 223 g/mol. The first-order valence-corrected chi connectivity index (χ1v) is 6.09. The maximum Gasteiger partial charge on any atom is 0.335 e. The van der Waals surface area contributed by atoms with Crippen molar-refractivity contribution in [3.8, 4) is 0 Å². The molecule has 1 aromatic rings. The lowest BCUT2D eigenvalue weighted by Crippen LogP contribution is -2.17. The second-order valence-corrected chi connectivity index (χ2v) is 4.74. The summed E-state index contributed by atoms with van der Waals surface area (Å²) in [7, 11) is 0. The zero-order chi connectivity index (χ0) is 10.7. The lowest BCUT2D eigenvalue weighted by Gasteiger charge is -2.12. The van der Waals surface area contributed by atoms with Crippen LogP contribution in [0, 0.1) is 0 Å². The number of rotatable bonds is 3. The molecular weight excluding hydrogens is 210 g/mol. The van der Waals surface area contributed by atoms with Gasteiger partial charge in [-0.25, -0.2) is 4.79 Å². The molecule has 1 aliphatic rings. The molecule has 1 fully saturated rings. The molecule has 0 amide bonds. The van der Waals surface area contributed by atoms with Gasteiger partial charge in [0.05, 0.1) is 5.56 Å². The van der Waals surface area contributed by atoms with E-state index in [9.17, 15) is 4.79 Å². The van der Waals surface area contributed by atoms with Gasteiger partial charge in [-0.15, -0.1) is 0 Å². The number of aromatic carboxylic acids is 1. The molecule has 2 rings (SSSR count). The topological polar surface area (TPSA) is 49.3 Å². The molecule has 0 aliphatic carbocycles. The minimum atomic E-state index is -0.877. The molecule has 1 aliphatic heterocycles. The van der Waals surface area contributed by atoms with Gasteiger partial charge in [-0.1, -0.05) is 0 Å². The number of anilines is 1. The molecule has 0 bridgehead atoms. The van der Waals surface area contributed by atoms with Gasteiger partial charge in [0, 0.05) is 17.5 Å². The highest BCUT2D eigenvalue weighted by Crippen LogP contribution is 2.21. The number of carboxylic acid groups (broad SMARTS) is 1. The van der Waals surface area contributed by atoms with E-state index >= 15 is 0 Å². The summed E-state index contributed by atoms with van der Waals surface area (Å²) in [6, 6.07) is 7.45. The maximum absolute atomic E-state index is 10.6. The smallest absolute Gasteiger partial charge is 0.335 e. The summed E-state index contributed by atoms with van der Waals surface area (Å²) in [5, 5.41) is 12.1. The summed E-state index contributed by atoms with van der Waals surface area (Å²) in [5.74, 6) is 1.48. The Morgan fingerprint density at radius 1 is 1.40 bits per heavy atom. The second-order valence-electron chi connectivity index (χ2n) is 3.59. The zero-order valence-electron chi connectivity index (χ0n) is 8.27. The minimum absolute atomic E-state index is 0.335. The van der Waals surface area contributed by atoms with Crippen LogP contribution >= 0.6 is 11.8 Å². The number of benzene rings is 1. The van der Waals surface area contributed by atoms with E-state index in [-0.39, 0.29) is 0 Å². The van der Waals surface area contributed by atoms with Crippen molar-refractivity contribution in [2.75, 3.05) is 16.8 Å². The largest absolute Gasteiger partial charge is 0.478 e. The summed E-state index contributed by atoms with van der Waals surface area (Å²) >= 11 is 1.95. The second kappa shape index (κ2) is 4.57. The molecule has 1 saturated heterocycles. The van der Waals surface area contributed by atoms with Crippen LogP contribution < -0.4 is 5.32 Å². The predicted octanol–water partition coefficient (Wildman–Crippen LogP) is 2.30. The summed E-state index contributed by atoms with van der Waals surface area (Å²) in [6.07, 6.45) is 1.19. The van der Waals surface area contributed by atoms with Gasteiger partial charge < -0.3 is 10.4 Å². The predicted molar refractivity (Wildman–Crippen MR) is 62.8 cm³/mol. The van der Waals surface area contributed by atoms with Crippen molar-refractivity contribution in [2.45, 2.75) is 12.5 Å². The fraction of sp³-hybridized carbons (Fsp3) is 0.364. The van der Waals surface area contributed by atoms with Crippen LogP contribution in [0.2, 0.25) is 0 Å². The van der Waals surface area contributed by atoms with Crippen LogP contribution in [0.5, 0.6) is 0 Å². The monoisotopic (exact) mass is 223 g/mol. The Kier molecular flexibility index (Phi) is 3.16. The lowest BCUT2D eigenvalue weighted by atomic mass is 10.2. The van der Waals surface area contributed by atoms with E-state index in [0.29, 0.717) is 11.6 Å². The number of hydrogen-bond donors (Lipinski definition) is 2. The van der Waals surface area contributed by atoms with Crippen molar-refractivity contribution in [3.05, 3.63) is 29.8 Å². The Bertz CT molecular complexity index is 344. The first kappa shape index (κ1) is 10.4. The average Bonchev–Trinajstić information content (AvgIpc) is 2.71. The van der Waals surface area contributed by atoms with Gasteiger partial charge in [-0.3, -0.25) is 0 Å². The van der Waals surface area contributed by atoms with Crippen molar-refractivity contribution >= 4 is 23.4 Å². The van der Waals surface area contributed by atoms with Gasteiger partial charge >= 0.3 is 5.97 Å². The highest BCUT2D eigenvalue weighted by molar-refractivity contribution is 7.99. The van der Waals surface area contributed by atoms with Gasteiger partial charge in [-0.05, 0) is 36.4 Å². The Balaban J connectivity index is 2.00. The van der Waals surface area contributed by atoms with E-state index in [4.69, 9.17) is 5.11 Å². The molecule has 3 nitrogen and oxygen atoms in total. The summed E-state index contributed by atoms with van der Waals surface area (Å²) in [5.41, 5.74) is 1.34. The zero-order valence-corrected chi connectivity index (χ0v) is 9.09. The molecule has 15 heavy (non-hydrogen) atoms. The number of nitrogens with one attached hydrogen (secondary N) is 1. The SMILES string of the molecule is O=C(O)c1ccc(NC2CCSC2)cc1. The number of carbonyl (C=O) groups is 1. The fourth-order valence-electron chi connectivity index (χ4n) is 1.59. The molecule has 1 heterocycles. The van der Waals surface area contributed by atoms with Crippen molar-refractivity contribution < 1.29 is 9.90 Å². The molecule has 0 aromatic heterocycles. The third kappa shape index (κ3) is 2.65. The molecule has 80 valence electrons. The molecule has 4 heteroatoms. The van der Waals surface area contributed by atoms with Gasteiger partial charge in [-0.2, -0.15) is 11.8 Å². The van der Waals surface area contributed by atoms with Crippen LogP contribution in [0.4, 0.5) is 5.69 Å². The normalized spacial score (nSPS) is 20.1. The third-order valence-electron chi connectivity index (χ3n) is 2.43. The first-order chi connectivity index (χ1) is 7.25. The van der Waals surface area contributed by atoms with Crippen LogP contribution in [0.1, 0.15) is 16.8 Å². The van der Waals surface area contributed by atoms with Crippen molar-refractivity contribution in [1.82, 2.24) is 0 Å². The Hall–Kier alpha value is -1.16. The van der Waals surface area contributed by atoms with E-state index in [1.807, 2.05) is 23.9 Å². The van der Waals surface area contributed by atoms with Crippen molar-refractivity contribution in [1.29, 1.82) is 0 Å². The van der Waals surface area contributed by atoms with Crippen LogP contribution in [-0.4, -0.2) is 28.6 Å². The Morgan fingerprint density at radius 2 is 2.13 bits per heavy atom. The fourth-order valence-corrected chi connectivity index (χ4v) is 2.75. The van der Waals surface area contributed by atoms with E-state index in [1.165, 1.54) is 12.2 Å². The van der Waals surface area contributed by atoms with Crippen LogP contribution in [0.3, 0.4) is 0 Å².